The predicted molar refractivity (Wildman–Crippen MR) is 82.3 cm³/mol. The molecule has 0 unspecified atom stereocenters. The number of hydrogen-bond donors (Lipinski definition) is 1. The third-order valence-electron chi connectivity index (χ3n) is 4.27. The molecule has 0 bridgehead atoms. The van der Waals surface area contributed by atoms with E-state index in [2.05, 4.69) is 0 Å². The lowest BCUT2D eigenvalue weighted by Gasteiger charge is -2.15. The van der Waals surface area contributed by atoms with Gasteiger partial charge < -0.3 is 15.2 Å². The zero-order valence-electron chi connectivity index (χ0n) is 12.7. The Kier molecular flexibility index (Phi) is 4.60. The van der Waals surface area contributed by atoms with E-state index < -0.39 is 20.5 Å². The van der Waals surface area contributed by atoms with Crippen molar-refractivity contribution in [2.45, 2.75) is 18.1 Å². The number of rotatable bonds is 7. The molecule has 0 saturated heterocycles. The van der Waals surface area contributed by atoms with Crippen LogP contribution in [0.25, 0.3) is 0 Å². The lowest BCUT2D eigenvalue weighted by molar-refractivity contribution is 0.101. The number of nitrogens with two attached hydrogens (primary N) is 1. The van der Waals surface area contributed by atoms with Gasteiger partial charge in [-0.3, -0.25) is 0 Å². The van der Waals surface area contributed by atoms with Crippen molar-refractivity contribution in [1.82, 2.24) is 0 Å². The number of sulfone groups is 1. The first-order valence-corrected chi connectivity index (χ1v) is 8.96. The Bertz CT molecular complexity index is 584. The van der Waals surface area contributed by atoms with Gasteiger partial charge >= 0.3 is 0 Å². The molecule has 0 amide bonds. The van der Waals surface area contributed by atoms with E-state index in [1.54, 1.807) is 7.11 Å². The molecule has 1 fully saturated rings. The predicted octanol–water partition coefficient (Wildman–Crippen LogP) is 1.19. The third-order valence-corrected chi connectivity index (χ3v) is 5.93. The fraction of sp³-hybridized carbons (Fsp3) is 0.600. The standard InChI is InChI=1S/C15H23NO4S/c1-4-20-10-15(9-16)13(14(15)21(3,17)18)11-5-7-12(19-2)8-6-11/h5-8,13-14H,4,9-10,16H2,1-3H3/t13-,14+,15+/m1/s1. The number of ether oxygens (including phenoxy) is 2. The van der Waals surface area contributed by atoms with Crippen LogP contribution in [0.2, 0.25) is 0 Å². The highest BCUT2D eigenvalue weighted by atomic mass is 32.2. The van der Waals surface area contributed by atoms with Crippen molar-refractivity contribution >= 4 is 9.84 Å². The molecular formula is C15H23NO4S. The smallest absolute Gasteiger partial charge is 0.151 e. The van der Waals surface area contributed by atoms with Crippen molar-refractivity contribution in [3.8, 4) is 5.75 Å². The summed E-state index contributed by atoms with van der Waals surface area (Å²) in [7, 11) is -1.58. The van der Waals surface area contributed by atoms with Gasteiger partial charge in [-0.2, -0.15) is 0 Å². The molecule has 1 aliphatic carbocycles. The summed E-state index contributed by atoms with van der Waals surface area (Å²) in [5, 5.41) is -0.477. The summed E-state index contributed by atoms with van der Waals surface area (Å²) in [5.74, 6) is 0.633. The highest BCUT2D eigenvalue weighted by Crippen LogP contribution is 2.62. The Labute approximate surface area is 126 Å². The van der Waals surface area contributed by atoms with Gasteiger partial charge in [0.15, 0.2) is 9.84 Å². The second-order valence-electron chi connectivity index (χ2n) is 5.58. The van der Waals surface area contributed by atoms with Crippen LogP contribution in [0.3, 0.4) is 0 Å². The molecule has 0 aliphatic heterocycles. The molecule has 21 heavy (non-hydrogen) atoms. The van der Waals surface area contributed by atoms with Crippen LogP contribution in [0, 0.1) is 5.41 Å². The van der Waals surface area contributed by atoms with E-state index in [0.717, 1.165) is 11.3 Å². The molecule has 0 spiro atoms. The zero-order valence-corrected chi connectivity index (χ0v) is 13.5. The number of hydrogen-bond acceptors (Lipinski definition) is 5. The second kappa shape index (κ2) is 5.94. The molecular weight excluding hydrogens is 290 g/mol. The first kappa shape index (κ1) is 16.3. The Balaban J connectivity index is 2.34. The van der Waals surface area contributed by atoms with E-state index in [1.165, 1.54) is 6.26 Å². The average molecular weight is 313 g/mol. The highest BCUT2D eigenvalue weighted by molar-refractivity contribution is 7.91. The molecule has 0 radical (unpaired) electrons. The van der Waals surface area contributed by atoms with Gasteiger partial charge in [0.25, 0.3) is 0 Å². The SMILES string of the molecule is CCOC[C@@]1(CN)[C@H](c2ccc(OC)cc2)[C@@H]1S(C)(=O)=O. The molecule has 2 rings (SSSR count). The largest absolute Gasteiger partial charge is 0.497 e. The Hall–Kier alpha value is -1.11. The summed E-state index contributed by atoms with van der Waals surface area (Å²) >= 11 is 0. The van der Waals surface area contributed by atoms with Crippen LogP contribution in [0.1, 0.15) is 18.4 Å². The average Bonchev–Trinajstić information content (AvgIpc) is 3.15. The summed E-state index contributed by atoms with van der Waals surface area (Å²) in [6.45, 7) is 3.11. The summed E-state index contributed by atoms with van der Waals surface area (Å²) in [6, 6.07) is 7.50. The van der Waals surface area contributed by atoms with Crippen molar-refractivity contribution in [3.05, 3.63) is 29.8 Å². The molecule has 118 valence electrons. The summed E-state index contributed by atoms with van der Waals surface area (Å²) in [5.41, 5.74) is 6.36. The van der Waals surface area contributed by atoms with Gasteiger partial charge in [0.05, 0.1) is 19.0 Å². The Morgan fingerprint density at radius 2 is 1.90 bits per heavy atom. The molecule has 2 N–H and O–H groups in total. The number of benzene rings is 1. The van der Waals surface area contributed by atoms with Gasteiger partial charge in [-0.25, -0.2) is 8.42 Å². The monoisotopic (exact) mass is 313 g/mol. The van der Waals surface area contributed by atoms with Gasteiger partial charge in [-0.15, -0.1) is 0 Å². The Morgan fingerprint density at radius 1 is 1.29 bits per heavy atom. The minimum Gasteiger partial charge on any atom is -0.497 e. The van der Waals surface area contributed by atoms with Gasteiger partial charge in [0, 0.05) is 30.7 Å². The van der Waals surface area contributed by atoms with Crippen molar-refractivity contribution in [2.24, 2.45) is 11.1 Å². The van der Waals surface area contributed by atoms with Crippen molar-refractivity contribution < 1.29 is 17.9 Å². The Morgan fingerprint density at radius 3 is 2.33 bits per heavy atom. The van der Waals surface area contributed by atoms with E-state index in [1.807, 2.05) is 31.2 Å². The minimum atomic E-state index is -3.18. The van der Waals surface area contributed by atoms with E-state index in [9.17, 15) is 8.42 Å². The van der Waals surface area contributed by atoms with Crippen LogP contribution in [0.15, 0.2) is 24.3 Å². The molecule has 5 nitrogen and oxygen atoms in total. The number of methoxy groups -OCH3 is 1. The van der Waals surface area contributed by atoms with Crippen LogP contribution in [-0.2, 0) is 14.6 Å². The van der Waals surface area contributed by atoms with E-state index in [4.69, 9.17) is 15.2 Å². The summed E-state index contributed by atoms with van der Waals surface area (Å²) in [6.07, 6.45) is 1.28. The molecule has 1 aromatic rings. The molecule has 0 heterocycles. The van der Waals surface area contributed by atoms with E-state index in [-0.39, 0.29) is 5.92 Å². The van der Waals surface area contributed by atoms with Gasteiger partial charge in [0.1, 0.15) is 5.75 Å². The molecule has 3 atom stereocenters. The second-order valence-corrected chi connectivity index (χ2v) is 7.74. The van der Waals surface area contributed by atoms with Crippen molar-refractivity contribution in [2.75, 3.05) is 33.1 Å². The maximum absolute atomic E-state index is 12.1. The lowest BCUT2D eigenvalue weighted by Crippen LogP contribution is -2.28. The van der Waals surface area contributed by atoms with Crippen molar-refractivity contribution in [1.29, 1.82) is 0 Å². The van der Waals surface area contributed by atoms with Crippen LogP contribution in [-0.4, -0.2) is 46.8 Å². The maximum Gasteiger partial charge on any atom is 0.151 e. The van der Waals surface area contributed by atoms with Crippen LogP contribution < -0.4 is 10.5 Å². The molecule has 0 aromatic heterocycles. The molecule has 1 saturated carbocycles. The highest BCUT2D eigenvalue weighted by Gasteiger charge is 2.69. The van der Waals surface area contributed by atoms with Crippen molar-refractivity contribution in [3.63, 3.8) is 0 Å². The minimum absolute atomic E-state index is 0.116. The molecule has 1 aliphatic rings. The maximum atomic E-state index is 12.1. The van der Waals surface area contributed by atoms with Gasteiger partial charge in [-0.1, -0.05) is 12.1 Å². The van der Waals surface area contributed by atoms with Gasteiger partial charge in [-0.05, 0) is 24.6 Å². The fourth-order valence-electron chi connectivity index (χ4n) is 3.21. The normalized spacial score (nSPS) is 28.4. The lowest BCUT2D eigenvalue weighted by atomic mass is 10.00. The van der Waals surface area contributed by atoms with E-state index in [0.29, 0.717) is 19.8 Å². The van der Waals surface area contributed by atoms with Gasteiger partial charge in [0.2, 0.25) is 0 Å². The fourth-order valence-corrected chi connectivity index (χ4v) is 5.22. The summed E-state index contributed by atoms with van der Waals surface area (Å²) in [4.78, 5) is 0. The first-order chi connectivity index (χ1) is 9.90. The van der Waals surface area contributed by atoms with Crippen LogP contribution >= 0.6 is 0 Å². The molecule has 1 aromatic carbocycles. The van der Waals surface area contributed by atoms with Crippen LogP contribution in [0.5, 0.6) is 5.75 Å². The van der Waals surface area contributed by atoms with Crippen LogP contribution in [0.4, 0.5) is 0 Å². The third kappa shape index (κ3) is 2.93. The first-order valence-electron chi connectivity index (χ1n) is 7.01. The van der Waals surface area contributed by atoms with E-state index >= 15 is 0 Å². The summed E-state index contributed by atoms with van der Waals surface area (Å²) < 4.78 is 34.8. The quantitative estimate of drug-likeness (QED) is 0.818. The zero-order chi connectivity index (χ0) is 15.7. The molecule has 6 heteroatoms. The topological polar surface area (TPSA) is 78.6 Å².